The lowest BCUT2D eigenvalue weighted by molar-refractivity contribution is -0.120. The molecule has 1 amide bonds. The number of ether oxygens (including phenoxy) is 2. The van der Waals surface area contributed by atoms with E-state index in [1.807, 2.05) is 18.2 Å². The molecule has 114 valence electrons. The van der Waals surface area contributed by atoms with Crippen molar-refractivity contribution in [3.05, 3.63) is 47.8 Å². The van der Waals surface area contributed by atoms with Crippen LogP contribution in [0.4, 0.5) is 5.69 Å². The van der Waals surface area contributed by atoms with Gasteiger partial charge in [-0.3, -0.25) is 9.78 Å². The van der Waals surface area contributed by atoms with Crippen molar-refractivity contribution >= 4 is 11.6 Å². The Morgan fingerprint density at radius 1 is 1.18 bits per heavy atom. The van der Waals surface area contributed by atoms with E-state index >= 15 is 0 Å². The molecule has 6 heteroatoms. The number of fused-ring (bicyclic) bond motifs is 1. The summed E-state index contributed by atoms with van der Waals surface area (Å²) in [5.74, 6) is 1.37. The third kappa shape index (κ3) is 3.46. The minimum absolute atomic E-state index is 0.0906. The van der Waals surface area contributed by atoms with E-state index in [4.69, 9.17) is 15.2 Å². The molecule has 1 aromatic heterocycles. The van der Waals surface area contributed by atoms with Crippen molar-refractivity contribution < 1.29 is 14.3 Å². The van der Waals surface area contributed by atoms with Gasteiger partial charge in [0.05, 0.1) is 18.3 Å². The first-order valence-electron chi connectivity index (χ1n) is 7.06. The van der Waals surface area contributed by atoms with Crippen LogP contribution in [0.5, 0.6) is 11.5 Å². The molecule has 0 fully saturated rings. The molecule has 0 aliphatic carbocycles. The number of carbonyl (C=O) groups excluding carboxylic acids is 1. The summed E-state index contributed by atoms with van der Waals surface area (Å²) in [4.78, 5) is 16.0. The molecule has 2 heterocycles. The first kappa shape index (κ1) is 14.2. The Morgan fingerprint density at radius 3 is 2.77 bits per heavy atom. The fraction of sp³-hybridized carbons (Fsp3) is 0.250. The van der Waals surface area contributed by atoms with Crippen LogP contribution in [0, 0.1) is 0 Å². The topological polar surface area (TPSA) is 86.5 Å². The highest BCUT2D eigenvalue weighted by atomic mass is 16.6. The van der Waals surface area contributed by atoms with Crippen LogP contribution in [0.1, 0.15) is 11.3 Å². The molecule has 0 bridgehead atoms. The van der Waals surface area contributed by atoms with Crippen LogP contribution in [0.25, 0.3) is 0 Å². The van der Waals surface area contributed by atoms with Crippen molar-refractivity contribution in [1.82, 2.24) is 10.3 Å². The fourth-order valence-corrected chi connectivity index (χ4v) is 2.17. The summed E-state index contributed by atoms with van der Waals surface area (Å²) in [5, 5.41) is 2.86. The van der Waals surface area contributed by atoms with E-state index in [1.165, 1.54) is 0 Å². The van der Waals surface area contributed by atoms with Crippen LogP contribution < -0.4 is 20.5 Å². The fourth-order valence-electron chi connectivity index (χ4n) is 2.17. The smallest absolute Gasteiger partial charge is 0.226 e. The van der Waals surface area contributed by atoms with Crippen LogP contribution in [0.15, 0.2) is 36.5 Å². The maximum atomic E-state index is 11.9. The number of nitrogens with zero attached hydrogens (tertiary/aromatic N) is 1. The largest absolute Gasteiger partial charge is 0.486 e. The molecular weight excluding hydrogens is 282 g/mol. The van der Waals surface area contributed by atoms with Gasteiger partial charge in [0.2, 0.25) is 5.91 Å². The second-order valence-corrected chi connectivity index (χ2v) is 5.01. The van der Waals surface area contributed by atoms with Crippen LogP contribution in [-0.2, 0) is 17.8 Å². The molecule has 1 aromatic carbocycles. The number of pyridine rings is 1. The molecule has 3 rings (SSSR count). The molecule has 3 N–H and O–H groups in total. The molecule has 0 saturated carbocycles. The minimum Gasteiger partial charge on any atom is -0.486 e. The van der Waals surface area contributed by atoms with Gasteiger partial charge in [-0.1, -0.05) is 6.07 Å². The number of aromatic nitrogens is 1. The molecule has 0 spiro atoms. The van der Waals surface area contributed by atoms with Crippen molar-refractivity contribution in [2.24, 2.45) is 0 Å². The van der Waals surface area contributed by atoms with Gasteiger partial charge in [0.25, 0.3) is 0 Å². The summed E-state index contributed by atoms with van der Waals surface area (Å²) in [5.41, 5.74) is 7.80. The number of anilines is 1. The van der Waals surface area contributed by atoms with Crippen LogP contribution in [0.3, 0.4) is 0 Å². The highest BCUT2D eigenvalue weighted by molar-refractivity contribution is 5.78. The van der Waals surface area contributed by atoms with Crippen molar-refractivity contribution in [2.45, 2.75) is 13.0 Å². The van der Waals surface area contributed by atoms with E-state index in [1.54, 1.807) is 18.3 Å². The van der Waals surface area contributed by atoms with Gasteiger partial charge in [0.1, 0.15) is 13.2 Å². The van der Waals surface area contributed by atoms with Gasteiger partial charge in [-0.25, -0.2) is 0 Å². The van der Waals surface area contributed by atoms with Gasteiger partial charge in [0, 0.05) is 12.2 Å². The summed E-state index contributed by atoms with van der Waals surface area (Å²) < 4.78 is 11.0. The third-order valence-electron chi connectivity index (χ3n) is 3.29. The number of nitrogen functional groups attached to an aromatic ring is 1. The zero-order valence-electron chi connectivity index (χ0n) is 12.0. The number of nitrogens with two attached hydrogens (primary N) is 1. The molecule has 6 nitrogen and oxygen atoms in total. The Kier molecular flexibility index (Phi) is 4.09. The third-order valence-corrected chi connectivity index (χ3v) is 3.29. The molecular formula is C16H17N3O3. The molecule has 2 aromatic rings. The molecule has 0 unspecified atom stereocenters. The second kappa shape index (κ2) is 6.34. The Morgan fingerprint density at radius 2 is 2.00 bits per heavy atom. The first-order valence-corrected chi connectivity index (χ1v) is 7.06. The molecule has 1 aliphatic rings. The monoisotopic (exact) mass is 299 g/mol. The summed E-state index contributed by atoms with van der Waals surface area (Å²) in [6, 6.07) is 9.14. The van der Waals surface area contributed by atoms with Crippen LogP contribution in [-0.4, -0.2) is 24.1 Å². The first-order chi connectivity index (χ1) is 10.7. The SMILES string of the molecule is Nc1ccc(CC(=O)NCc2ccc3c(c2)OCCO3)nc1. The number of amides is 1. The van der Waals surface area contributed by atoms with E-state index in [0.29, 0.717) is 31.1 Å². The zero-order chi connectivity index (χ0) is 15.4. The molecule has 0 radical (unpaired) electrons. The lowest BCUT2D eigenvalue weighted by Gasteiger charge is -2.18. The predicted octanol–water partition coefficient (Wildman–Crippen LogP) is 1.29. The minimum atomic E-state index is -0.0906. The Hall–Kier alpha value is -2.76. The second-order valence-electron chi connectivity index (χ2n) is 5.01. The quantitative estimate of drug-likeness (QED) is 0.888. The van der Waals surface area contributed by atoms with Crippen LogP contribution in [0.2, 0.25) is 0 Å². The van der Waals surface area contributed by atoms with Gasteiger partial charge in [-0.05, 0) is 29.8 Å². The van der Waals surface area contributed by atoms with Crippen molar-refractivity contribution in [3.8, 4) is 11.5 Å². The van der Waals surface area contributed by atoms with Gasteiger partial charge in [-0.2, -0.15) is 0 Å². The maximum Gasteiger partial charge on any atom is 0.226 e. The molecule has 1 aliphatic heterocycles. The van der Waals surface area contributed by atoms with E-state index in [9.17, 15) is 4.79 Å². The highest BCUT2D eigenvalue weighted by Gasteiger charge is 2.12. The summed E-state index contributed by atoms with van der Waals surface area (Å²) in [7, 11) is 0. The standard InChI is InChI=1S/C16H17N3O3/c17-12-2-3-13(18-10-12)8-16(20)19-9-11-1-4-14-15(7-11)22-6-5-21-14/h1-4,7,10H,5-6,8-9,17H2,(H,19,20). The number of hydrogen-bond donors (Lipinski definition) is 2. The van der Waals surface area contributed by atoms with E-state index in [-0.39, 0.29) is 12.3 Å². The maximum absolute atomic E-state index is 11.9. The van der Waals surface area contributed by atoms with Crippen molar-refractivity contribution in [1.29, 1.82) is 0 Å². The Labute approximate surface area is 128 Å². The lowest BCUT2D eigenvalue weighted by Crippen LogP contribution is -2.25. The summed E-state index contributed by atoms with van der Waals surface area (Å²) in [6.07, 6.45) is 1.77. The van der Waals surface area contributed by atoms with Gasteiger partial charge in [-0.15, -0.1) is 0 Å². The number of benzene rings is 1. The van der Waals surface area contributed by atoms with E-state index in [0.717, 1.165) is 17.1 Å². The average molecular weight is 299 g/mol. The number of nitrogens with one attached hydrogen (secondary N) is 1. The van der Waals surface area contributed by atoms with Gasteiger partial charge >= 0.3 is 0 Å². The van der Waals surface area contributed by atoms with E-state index < -0.39 is 0 Å². The Bertz CT molecular complexity index is 671. The normalized spacial score (nSPS) is 12.7. The summed E-state index contributed by atoms with van der Waals surface area (Å²) >= 11 is 0. The van der Waals surface area contributed by atoms with Crippen molar-refractivity contribution in [3.63, 3.8) is 0 Å². The number of hydrogen-bond acceptors (Lipinski definition) is 5. The van der Waals surface area contributed by atoms with E-state index in [2.05, 4.69) is 10.3 Å². The zero-order valence-corrected chi connectivity index (χ0v) is 12.0. The highest BCUT2D eigenvalue weighted by Crippen LogP contribution is 2.30. The average Bonchev–Trinajstić information content (AvgIpc) is 2.55. The predicted molar refractivity (Wildman–Crippen MR) is 81.6 cm³/mol. The number of rotatable bonds is 4. The molecule has 22 heavy (non-hydrogen) atoms. The van der Waals surface area contributed by atoms with Crippen LogP contribution >= 0.6 is 0 Å². The number of carbonyl (C=O) groups is 1. The Balaban J connectivity index is 1.55. The summed E-state index contributed by atoms with van der Waals surface area (Å²) in [6.45, 7) is 1.55. The van der Waals surface area contributed by atoms with Crippen molar-refractivity contribution in [2.75, 3.05) is 18.9 Å². The molecule has 0 atom stereocenters. The van der Waals surface area contributed by atoms with Gasteiger partial charge < -0.3 is 20.5 Å². The lowest BCUT2D eigenvalue weighted by atomic mass is 10.2. The molecule has 0 saturated heterocycles. The van der Waals surface area contributed by atoms with Gasteiger partial charge in [0.15, 0.2) is 11.5 Å².